The number of hydrogen-bond donors (Lipinski definition) is 4. The standard InChI is InChI=1S/C14H18N2O8/c1-7(18)15-11-13(20)12(19)10(6-17)24-14(11)23-9-5-3-2-4-8(9)16(21)22/h2-5,10-14,17,19-20H,6H2,1H3,(H,15,18)/t10-,11-,12-,13-,14+/m1/s1. The third-order valence-corrected chi connectivity index (χ3v) is 3.56. The third kappa shape index (κ3) is 3.79. The van der Waals surface area contributed by atoms with Gasteiger partial charge in [-0.15, -0.1) is 0 Å². The quantitative estimate of drug-likeness (QED) is 0.389. The number of hydrogen-bond acceptors (Lipinski definition) is 8. The highest BCUT2D eigenvalue weighted by molar-refractivity contribution is 5.73. The lowest BCUT2D eigenvalue weighted by Gasteiger charge is -2.41. The number of nitrogens with one attached hydrogen (secondary N) is 1. The van der Waals surface area contributed by atoms with Crippen LogP contribution in [0.2, 0.25) is 0 Å². The van der Waals surface area contributed by atoms with Crippen LogP contribution in [0.15, 0.2) is 24.3 Å². The number of aliphatic hydroxyl groups excluding tert-OH is 3. The molecule has 10 nitrogen and oxygen atoms in total. The second-order valence-electron chi connectivity index (χ2n) is 5.28. The first-order valence-electron chi connectivity index (χ1n) is 7.14. The Balaban J connectivity index is 2.30. The fourth-order valence-corrected chi connectivity index (χ4v) is 2.40. The summed E-state index contributed by atoms with van der Waals surface area (Å²) in [6, 6.07) is 4.33. The van der Waals surface area contributed by atoms with E-state index in [1.54, 1.807) is 0 Å². The zero-order chi connectivity index (χ0) is 17.9. The zero-order valence-electron chi connectivity index (χ0n) is 12.7. The minimum atomic E-state index is -1.49. The number of carbonyl (C=O) groups excluding carboxylic acids is 1. The average Bonchev–Trinajstić information content (AvgIpc) is 2.54. The van der Waals surface area contributed by atoms with Crippen LogP contribution >= 0.6 is 0 Å². The van der Waals surface area contributed by atoms with Crippen molar-refractivity contribution in [1.29, 1.82) is 0 Å². The number of nitrogens with zero attached hydrogens (tertiary/aromatic N) is 1. The minimum Gasteiger partial charge on any atom is -0.455 e. The summed E-state index contributed by atoms with van der Waals surface area (Å²) >= 11 is 0. The Labute approximate surface area is 136 Å². The number of nitro groups is 1. The van der Waals surface area contributed by atoms with Crippen LogP contribution in [0.1, 0.15) is 6.92 Å². The fraction of sp³-hybridized carbons (Fsp3) is 0.500. The van der Waals surface area contributed by atoms with Gasteiger partial charge in [-0.05, 0) is 6.07 Å². The van der Waals surface area contributed by atoms with E-state index in [2.05, 4.69) is 5.32 Å². The van der Waals surface area contributed by atoms with Crippen molar-refractivity contribution < 1.29 is 34.5 Å². The molecular weight excluding hydrogens is 324 g/mol. The molecule has 1 heterocycles. The Hall–Kier alpha value is -2.27. The van der Waals surface area contributed by atoms with Crippen molar-refractivity contribution in [3.05, 3.63) is 34.4 Å². The molecule has 5 atom stereocenters. The van der Waals surface area contributed by atoms with Crippen LogP contribution in [0, 0.1) is 10.1 Å². The van der Waals surface area contributed by atoms with Crippen molar-refractivity contribution in [2.24, 2.45) is 0 Å². The molecule has 1 fully saturated rings. The maximum atomic E-state index is 11.3. The number of benzene rings is 1. The van der Waals surface area contributed by atoms with Crippen LogP contribution in [0.5, 0.6) is 5.75 Å². The maximum Gasteiger partial charge on any atom is 0.311 e. The van der Waals surface area contributed by atoms with Crippen molar-refractivity contribution >= 4 is 11.6 Å². The number of ether oxygens (including phenoxy) is 2. The Morgan fingerprint density at radius 1 is 1.38 bits per heavy atom. The van der Waals surface area contributed by atoms with E-state index in [1.165, 1.54) is 31.2 Å². The number of nitro benzene ring substituents is 1. The Kier molecular flexibility index (Phi) is 5.67. The lowest BCUT2D eigenvalue weighted by atomic mass is 9.97. The molecule has 1 saturated heterocycles. The molecule has 0 spiro atoms. The third-order valence-electron chi connectivity index (χ3n) is 3.56. The summed E-state index contributed by atoms with van der Waals surface area (Å²) in [5.74, 6) is -0.656. The van der Waals surface area contributed by atoms with Crippen LogP contribution in [0.4, 0.5) is 5.69 Å². The summed E-state index contributed by atoms with van der Waals surface area (Å²) in [4.78, 5) is 21.7. The predicted octanol–water partition coefficient (Wildman–Crippen LogP) is -1.08. The van der Waals surface area contributed by atoms with Gasteiger partial charge >= 0.3 is 5.69 Å². The van der Waals surface area contributed by atoms with Gasteiger partial charge in [-0.1, -0.05) is 12.1 Å². The van der Waals surface area contributed by atoms with Gasteiger partial charge in [-0.3, -0.25) is 14.9 Å². The van der Waals surface area contributed by atoms with Crippen LogP contribution in [-0.2, 0) is 9.53 Å². The van der Waals surface area contributed by atoms with Gasteiger partial charge in [-0.25, -0.2) is 0 Å². The van der Waals surface area contributed by atoms with E-state index >= 15 is 0 Å². The topological polar surface area (TPSA) is 151 Å². The Morgan fingerprint density at radius 2 is 2.04 bits per heavy atom. The van der Waals surface area contributed by atoms with Crippen molar-refractivity contribution in [2.75, 3.05) is 6.61 Å². The summed E-state index contributed by atoms with van der Waals surface area (Å²) in [5, 5.41) is 42.7. The predicted molar refractivity (Wildman–Crippen MR) is 79.1 cm³/mol. The molecule has 0 saturated carbocycles. The van der Waals surface area contributed by atoms with Gasteiger partial charge in [0, 0.05) is 13.0 Å². The Morgan fingerprint density at radius 3 is 2.62 bits per heavy atom. The lowest BCUT2D eigenvalue weighted by Crippen LogP contribution is -2.65. The number of rotatable bonds is 5. The van der Waals surface area contributed by atoms with E-state index in [-0.39, 0.29) is 11.4 Å². The smallest absolute Gasteiger partial charge is 0.311 e. The molecule has 132 valence electrons. The molecule has 1 amide bonds. The van der Waals surface area contributed by atoms with Crippen molar-refractivity contribution in [1.82, 2.24) is 5.32 Å². The maximum absolute atomic E-state index is 11.3. The molecule has 0 aliphatic carbocycles. The molecule has 0 unspecified atom stereocenters. The second kappa shape index (κ2) is 7.53. The van der Waals surface area contributed by atoms with E-state index in [1.807, 2.05) is 0 Å². The molecule has 10 heteroatoms. The van der Waals surface area contributed by atoms with E-state index < -0.39 is 48.1 Å². The summed E-state index contributed by atoms with van der Waals surface area (Å²) in [6.45, 7) is 0.584. The van der Waals surface area contributed by atoms with Crippen LogP contribution in [0.25, 0.3) is 0 Å². The van der Waals surface area contributed by atoms with Gasteiger partial charge in [0.25, 0.3) is 0 Å². The van der Waals surface area contributed by atoms with Gasteiger partial charge in [0.1, 0.15) is 24.4 Å². The molecule has 0 aromatic heterocycles. The van der Waals surface area contributed by atoms with Crippen LogP contribution in [0.3, 0.4) is 0 Å². The highest BCUT2D eigenvalue weighted by atomic mass is 16.7. The minimum absolute atomic E-state index is 0.136. The molecule has 1 aromatic rings. The summed E-state index contributed by atoms with van der Waals surface area (Å²) < 4.78 is 10.8. The van der Waals surface area contributed by atoms with Crippen molar-refractivity contribution in [2.45, 2.75) is 37.6 Å². The zero-order valence-corrected chi connectivity index (χ0v) is 12.7. The largest absolute Gasteiger partial charge is 0.455 e. The number of para-hydroxylation sites is 2. The number of aliphatic hydroxyl groups is 3. The molecule has 4 N–H and O–H groups in total. The van der Waals surface area contributed by atoms with Crippen molar-refractivity contribution in [3.8, 4) is 5.75 Å². The summed E-state index contributed by atoms with van der Waals surface area (Å²) in [5.41, 5.74) is -0.330. The second-order valence-corrected chi connectivity index (χ2v) is 5.28. The van der Waals surface area contributed by atoms with Gasteiger partial charge in [-0.2, -0.15) is 0 Å². The summed E-state index contributed by atoms with van der Waals surface area (Å²) in [7, 11) is 0. The Bertz CT molecular complexity index is 610. The molecular formula is C14H18N2O8. The monoisotopic (exact) mass is 342 g/mol. The molecule has 0 radical (unpaired) electrons. The molecule has 2 rings (SSSR count). The summed E-state index contributed by atoms with van der Waals surface area (Å²) in [6.07, 6.45) is -5.46. The van der Waals surface area contributed by atoms with Crippen LogP contribution in [-0.4, -0.2) is 63.4 Å². The number of amides is 1. The SMILES string of the molecule is CC(=O)N[C@H]1[C@@H](Oc2ccccc2[N+](=O)[O-])O[C@H](CO)[C@@H](O)[C@@H]1O. The molecule has 1 aromatic carbocycles. The molecule has 1 aliphatic heterocycles. The molecule has 0 bridgehead atoms. The number of carbonyl (C=O) groups is 1. The highest BCUT2D eigenvalue weighted by Gasteiger charge is 2.46. The van der Waals surface area contributed by atoms with Gasteiger partial charge in [0.2, 0.25) is 12.2 Å². The van der Waals surface area contributed by atoms with Gasteiger partial charge in [0.15, 0.2) is 5.75 Å². The van der Waals surface area contributed by atoms with Crippen LogP contribution < -0.4 is 10.1 Å². The van der Waals surface area contributed by atoms with Gasteiger partial charge in [0.05, 0.1) is 11.5 Å². The van der Waals surface area contributed by atoms with Gasteiger partial charge < -0.3 is 30.1 Å². The van der Waals surface area contributed by atoms with E-state index in [0.717, 1.165) is 0 Å². The first-order valence-corrected chi connectivity index (χ1v) is 7.14. The van der Waals surface area contributed by atoms with E-state index in [4.69, 9.17) is 9.47 Å². The lowest BCUT2D eigenvalue weighted by molar-refractivity contribution is -0.386. The highest BCUT2D eigenvalue weighted by Crippen LogP contribution is 2.30. The molecule has 1 aliphatic rings. The average molecular weight is 342 g/mol. The van der Waals surface area contributed by atoms with Crippen molar-refractivity contribution in [3.63, 3.8) is 0 Å². The first-order chi connectivity index (χ1) is 11.3. The van der Waals surface area contributed by atoms with E-state index in [9.17, 15) is 30.2 Å². The van der Waals surface area contributed by atoms with E-state index in [0.29, 0.717) is 0 Å². The first kappa shape index (κ1) is 18.1. The normalized spacial score (nSPS) is 29.8. The fourth-order valence-electron chi connectivity index (χ4n) is 2.40. The molecule has 24 heavy (non-hydrogen) atoms.